The van der Waals surface area contributed by atoms with Crippen LogP contribution in [0.15, 0.2) is 64.1 Å². The molecule has 2 aromatic carbocycles. The van der Waals surface area contributed by atoms with E-state index in [0.29, 0.717) is 39.0 Å². The fourth-order valence-corrected chi connectivity index (χ4v) is 4.50. The molecule has 1 aromatic heterocycles. The third-order valence-electron chi connectivity index (χ3n) is 5.37. The molecule has 4 rings (SSSR count). The van der Waals surface area contributed by atoms with Crippen molar-refractivity contribution in [1.29, 1.82) is 0 Å². The number of methoxy groups -OCH3 is 2. The molecule has 0 spiro atoms. The Bertz CT molecular complexity index is 1190. The fraction of sp³-hybridized carbons (Fsp3) is 0.200. The molecule has 32 heavy (non-hydrogen) atoms. The van der Waals surface area contributed by atoms with Crippen LogP contribution < -0.4 is 14.4 Å². The predicted molar refractivity (Wildman–Crippen MR) is 125 cm³/mol. The normalized spacial score (nSPS) is 13.8. The van der Waals surface area contributed by atoms with Crippen LogP contribution in [0.2, 0.25) is 0 Å². The first kappa shape index (κ1) is 21.8. The van der Waals surface area contributed by atoms with E-state index in [0.717, 1.165) is 16.9 Å². The zero-order valence-corrected chi connectivity index (χ0v) is 19.1. The molecular formula is C25H23NO5S. The van der Waals surface area contributed by atoms with Gasteiger partial charge in [-0.1, -0.05) is 18.2 Å². The molecule has 2 amide bonds. The monoisotopic (exact) mass is 449 g/mol. The lowest BCUT2D eigenvalue weighted by Gasteiger charge is -2.17. The molecule has 0 aliphatic carbocycles. The minimum absolute atomic E-state index is 0.379. The molecule has 1 aliphatic rings. The van der Waals surface area contributed by atoms with Crippen molar-refractivity contribution in [1.82, 2.24) is 0 Å². The van der Waals surface area contributed by atoms with Crippen molar-refractivity contribution in [2.24, 2.45) is 0 Å². The van der Waals surface area contributed by atoms with E-state index in [1.807, 2.05) is 38.1 Å². The van der Waals surface area contributed by atoms with Gasteiger partial charge in [-0.15, -0.1) is 11.8 Å². The van der Waals surface area contributed by atoms with Gasteiger partial charge in [0.1, 0.15) is 17.3 Å². The van der Waals surface area contributed by atoms with Crippen molar-refractivity contribution in [3.63, 3.8) is 0 Å². The number of carbonyl (C=O) groups excluding carboxylic acids is 2. The van der Waals surface area contributed by atoms with E-state index in [1.165, 1.54) is 30.9 Å². The van der Waals surface area contributed by atoms with Gasteiger partial charge in [0.15, 0.2) is 0 Å². The quantitative estimate of drug-likeness (QED) is 0.466. The largest absolute Gasteiger partial charge is 0.497 e. The second-order valence-electron chi connectivity index (χ2n) is 7.39. The van der Waals surface area contributed by atoms with Gasteiger partial charge in [-0.25, -0.2) is 4.90 Å². The van der Waals surface area contributed by atoms with Gasteiger partial charge in [0.05, 0.1) is 42.4 Å². The Morgan fingerprint density at radius 1 is 0.906 bits per heavy atom. The molecule has 0 N–H and O–H groups in total. The second-order valence-corrected chi connectivity index (χ2v) is 8.37. The fourth-order valence-electron chi connectivity index (χ4n) is 3.49. The molecule has 164 valence electrons. The van der Waals surface area contributed by atoms with Crippen molar-refractivity contribution < 1.29 is 23.5 Å². The molecule has 0 fully saturated rings. The molecule has 1 aliphatic heterocycles. The Labute approximate surface area is 190 Å². The lowest BCUT2D eigenvalue weighted by molar-refractivity contribution is -0.119. The molecule has 0 saturated heterocycles. The van der Waals surface area contributed by atoms with Crippen LogP contribution in [-0.4, -0.2) is 26.0 Å². The first-order valence-corrected chi connectivity index (χ1v) is 11.0. The van der Waals surface area contributed by atoms with Gasteiger partial charge in [-0.2, -0.15) is 0 Å². The first-order valence-electron chi connectivity index (χ1n) is 10.0. The predicted octanol–water partition coefficient (Wildman–Crippen LogP) is 5.13. The van der Waals surface area contributed by atoms with E-state index in [4.69, 9.17) is 13.9 Å². The summed E-state index contributed by atoms with van der Waals surface area (Å²) in [6.07, 6.45) is 1.59. The van der Waals surface area contributed by atoms with Gasteiger partial charge in [0.2, 0.25) is 0 Å². The smallest absolute Gasteiger partial charge is 0.272 e. The van der Waals surface area contributed by atoms with Crippen molar-refractivity contribution >= 4 is 34.8 Å². The molecule has 0 radical (unpaired) electrons. The summed E-state index contributed by atoms with van der Waals surface area (Å²) in [6, 6.07) is 14.4. The molecule has 6 nitrogen and oxygen atoms in total. The molecule has 3 aromatic rings. The number of hydrogen-bond donors (Lipinski definition) is 0. The number of anilines is 1. The Hall–Kier alpha value is -3.45. The second kappa shape index (κ2) is 8.96. The number of hydrogen-bond acceptors (Lipinski definition) is 6. The summed E-state index contributed by atoms with van der Waals surface area (Å²) >= 11 is 1.30. The van der Waals surface area contributed by atoms with E-state index >= 15 is 0 Å². The Morgan fingerprint density at radius 3 is 2.22 bits per heavy atom. The lowest BCUT2D eigenvalue weighted by atomic mass is 10.0. The van der Waals surface area contributed by atoms with Crippen molar-refractivity contribution in [3.8, 4) is 11.5 Å². The maximum absolute atomic E-state index is 13.6. The summed E-state index contributed by atoms with van der Waals surface area (Å²) < 4.78 is 16.1. The SMILES string of the molecule is COc1cc(OC)cc(N2C(=O)C(SCc3ccco3)=C(c3ccc(C)c(C)c3)C2=O)c1. The minimum Gasteiger partial charge on any atom is -0.497 e. The molecule has 0 unspecified atom stereocenters. The highest BCUT2D eigenvalue weighted by Gasteiger charge is 2.40. The summed E-state index contributed by atoms with van der Waals surface area (Å²) in [7, 11) is 3.05. The van der Waals surface area contributed by atoms with E-state index in [1.54, 1.807) is 30.5 Å². The number of thioether (sulfide) groups is 1. The van der Waals surface area contributed by atoms with E-state index in [9.17, 15) is 9.59 Å². The maximum Gasteiger partial charge on any atom is 0.272 e. The van der Waals surface area contributed by atoms with Gasteiger partial charge >= 0.3 is 0 Å². The van der Waals surface area contributed by atoms with Crippen LogP contribution in [0.5, 0.6) is 11.5 Å². The summed E-state index contributed by atoms with van der Waals surface area (Å²) in [5, 5.41) is 0. The maximum atomic E-state index is 13.6. The molecule has 0 atom stereocenters. The minimum atomic E-state index is -0.380. The van der Waals surface area contributed by atoms with E-state index in [2.05, 4.69) is 0 Å². The number of imide groups is 1. The molecule has 7 heteroatoms. The average Bonchev–Trinajstić information content (AvgIpc) is 3.39. The van der Waals surface area contributed by atoms with Crippen LogP contribution in [0.25, 0.3) is 5.57 Å². The lowest BCUT2D eigenvalue weighted by Crippen LogP contribution is -2.31. The third kappa shape index (κ3) is 4.03. The molecule has 2 heterocycles. The van der Waals surface area contributed by atoms with Crippen LogP contribution >= 0.6 is 11.8 Å². The van der Waals surface area contributed by atoms with Crippen LogP contribution in [-0.2, 0) is 15.3 Å². The number of nitrogens with zero attached hydrogens (tertiary/aromatic N) is 1. The molecular weight excluding hydrogens is 426 g/mol. The Morgan fingerprint density at radius 2 is 1.62 bits per heavy atom. The van der Waals surface area contributed by atoms with Gasteiger partial charge in [0.25, 0.3) is 11.8 Å². The van der Waals surface area contributed by atoms with Gasteiger partial charge in [-0.05, 0) is 42.7 Å². The van der Waals surface area contributed by atoms with Crippen molar-refractivity contribution in [3.05, 3.63) is 82.1 Å². The zero-order chi connectivity index (χ0) is 22.8. The highest BCUT2D eigenvalue weighted by Crippen LogP contribution is 2.41. The standard InChI is InChI=1S/C25H23NO5S/c1-15-7-8-17(10-16(15)2)22-23(32-14-19-6-5-9-31-19)25(28)26(24(22)27)18-11-20(29-3)13-21(12-18)30-4/h5-13H,14H2,1-4H3. The topological polar surface area (TPSA) is 69.0 Å². The highest BCUT2D eigenvalue weighted by molar-refractivity contribution is 8.03. The summed E-state index contributed by atoms with van der Waals surface area (Å²) in [5.74, 6) is 1.38. The van der Waals surface area contributed by atoms with Gasteiger partial charge < -0.3 is 13.9 Å². The number of carbonyl (C=O) groups is 2. The van der Waals surface area contributed by atoms with Crippen LogP contribution in [0.3, 0.4) is 0 Å². The van der Waals surface area contributed by atoms with E-state index in [-0.39, 0.29) is 11.8 Å². The third-order valence-corrected chi connectivity index (χ3v) is 6.47. The summed E-state index contributed by atoms with van der Waals surface area (Å²) in [5.41, 5.74) is 3.66. The van der Waals surface area contributed by atoms with Crippen molar-refractivity contribution in [2.45, 2.75) is 19.6 Å². The number of amides is 2. The average molecular weight is 450 g/mol. The molecule has 0 saturated carbocycles. The molecule has 0 bridgehead atoms. The number of ether oxygens (including phenoxy) is 2. The van der Waals surface area contributed by atoms with Crippen LogP contribution in [0.4, 0.5) is 5.69 Å². The zero-order valence-electron chi connectivity index (χ0n) is 18.3. The Kier molecular flexibility index (Phi) is 6.10. The summed E-state index contributed by atoms with van der Waals surface area (Å²) in [6.45, 7) is 4.00. The number of furan rings is 1. The van der Waals surface area contributed by atoms with E-state index < -0.39 is 0 Å². The highest BCUT2D eigenvalue weighted by atomic mass is 32.2. The van der Waals surface area contributed by atoms with Gasteiger partial charge in [-0.3, -0.25) is 9.59 Å². The summed E-state index contributed by atoms with van der Waals surface area (Å²) in [4.78, 5) is 28.7. The number of rotatable bonds is 7. The van der Waals surface area contributed by atoms with Crippen molar-refractivity contribution in [2.75, 3.05) is 19.1 Å². The first-order chi connectivity index (χ1) is 15.4. The number of benzene rings is 2. The Balaban J connectivity index is 1.79. The van der Waals surface area contributed by atoms with Crippen LogP contribution in [0.1, 0.15) is 22.5 Å². The van der Waals surface area contributed by atoms with Crippen LogP contribution in [0, 0.1) is 13.8 Å². The number of aryl methyl sites for hydroxylation is 2. The van der Waals surface area contributed by atoms with Gasteiger partial charge in [0, 0.05) is 18.2 Å².